The van der Waals surface area contributed by atoms with Crippen LogP contribution in [0.25, 0.3) is 120 Å². The van der Waals surface area contributed by atoms with Gasteiger partial charge in [-0.1, -0.05) is 164 Å². The molecule has 0 aliphatic rings. The van der Waals surface area contributed by atoms with Crippen molar-refractivity contribution in [3.05, 3.63) is 194 Å². The van der Waals surface area contributed by atoms with Gasteiger partial charge in [-0.15, -0.1) is 0 Å². The van der Waals surface area contributed by atoms with Gasteiger partial charge in [-0.3, -0.25) is 0 Å². The molecule has 55 heavy (non-hydrogen) atoms. The molecule has 0 aliphatic heterocycles. The quantitative estimate of drug-likeness (QED) is 0.168. The molecule has 0 fully saturated rings. The van der Waals surface area contributed by atoms with Crippen LogP contribution in [-0.2, 0) is 0 Å². The smallest absolute Gasteiger partial charge is 0.135 e. The fourth-order valence-electron chi connectivity index (χ4n) is 9.34. The Kier molecular flexibility index (Phi) is 6.40. The summed E-state index contributed by atoms with van der Waals surface area (Å²) in [5, 5.41) is 17.7. The van der Waals surface area contributed by atoms with Crippen molar-refractivity contribution in [3.63, 3.8) is 0 Å². The lowest BCUT2D eigenvalue weighted by Gasteiger charge is -2.18. The zero-order chi connectivity index (χ0) is 36.0. The summed E-state index contributed by atoms with van der Waals surface area (Å²) in [7, 11) is 0. The molecule has 12 aromatic rings. The molecule has 0 spiro atoms. The second-order valence-corrected chi connectivity index (χ2v) is 14.7. The maximum Gasteiger partial charge on any atom is 0.135 e. The van der Waals surface area contributed by atoms with Crippen LogP contribution in [0.3, 0.4) is 0 Å². The third-order valence-corrected chi connectivity index (χ3v) is 11.8. The molecule has 0 saturated heterocycles. The molecule has 0 saturated carbocycles. The van der Waals surface area contributed by atoms with E-state index < -0.39 is 0 Å². The van der Waals surface area contributed by atoms with Crippen LogP contribution in [0.15, 0.2) is 199 Å². The summed E-state index contributed by atoms with van der Waals surface area (Å²) in [5.74, 6) is 0. The molecule has 254 valence electrons. The number of rotatable bonds is 3. The number of furan rings is 1. The van der Waals surface area contributed by atoms with Gasteiger partial charge >= 0.3 is 0 Å². The van der Waals surface area contributed by atoms with Crippen LogP contribution in [0.4, 0.5) is 0 Å². The van der Waals surface area contributed by atoms with Crippen molar-refractivity contribution in [3.8, 4) is 33.4 Å². The minimum Gasteiger partial charge on any atom is -0.456 e. The molecule has 0 aliphatic carbocycles. The average Bonchev–Trinajstić information content (AvgIpc) is 3.64. The third-order valence-electron chi connectivity index (χ3n) is 11.8. The molecular weight excluding hydrogens is 665 g/mol. The number of para-hydroxylation sites is 1. The molecule has 0 amide bonds. The first-order chi connectivity index (χ1) is 27.3. The fourth-order valence-corrected chi connectivity index (χ4v) is 9.34. The Morgan fingerprint density at radius 3 is 1.25 bits per heavy atom. The first kappa shape index (κ1) is 30.3. The van der Waals surface area contributed by atoms with Crippen LogP contribution in [0.2, 0.25) is 0 Å². The van der Waals surface area contributed by atoms with Gasteiger partial charge in [-0.2, -0.15) is 0 Å². The molecular formula is C54H32O. The molecule has 1 heterocycles. The van der Waals surface area contributed by atoms with Crippen molar-refractivity contribution >= 4 is 86.6 Å². The van der Waals surface area contributed by atoms with Crippen LogP contribution in [0, 0.1) is 0 Å². The molecule has 0 N–H and O–H groups in total. The third kappa shape index (κ3) is 4.48. The van der Waals surface area contributed by atoms with Gasteiger partial charge < -0.3 is 4.42 Å². The molecule has 1 nitrogen and oxygen atoms in total. The molecule has 0 radical (unpaired) electrons. The fraction of sp³-hybridized carbons (Fsp3) is 0. The van der Waals surface area contributed by atoms with Crippen molar-refractivity contribution < 1.29 is 4.42 Å². The highest BCUT2D eigenvalue weighted by Crippen LogP contribution is 2.46. The summed E-state index contributed by atoms with van der Waals surface area (Å²) < 4.78 is 6.17. The van der Waals surface area contributed by atoms with Crippen LogP contribution in [-0.4, -0.2) is 0 Å². The van der Waals surface area contributed by atoms with Gasteiger partial charge in [-0.25, -0.2) is 0 Å². The molecule has 0 bridgehead atoms. The Labute approximate surface area is 317 Å². The number of hydrogen-bond acceptors (Lipinski definition) is 1. The topological polar surface area (TPSA) is 13.1 Å². The highest BCUT2D eigenvalue weighted by molar-refractivity contribution is 6.39. The van der Waals surface area contributed by atoms with Crippen molar-refractivity contribution in [1.29, 1.82) is 0 Å². The first-order valence-corrected chi connectivity index (χ1v) is 19.0. The van der Waals surface area contributed by atoms with E-state index in [1.807, 2.05) is 12.1 Å². The molecule has 0 unspecified atom stereocenters. The highest BCUT2D eigenvalue weighted by Gasteiger charge is 2.18. The number of benzene rings is 11. The van der Waals surface area contributed by atoms with Gasteiger partial charge in [0.05, 0.1) is 0 Å². The predicted octanol–water partition coefficient (Wildman–Crippen LogP) is 15.5. The lowest BCUT2D eigenvalue weighted by Crippen LogP contribution is -1.90. The van der Waals surface area contributed by atoms with Crippen LogP contribution < -0.4 is 0 Å². The lowest BCUT2D eigenvalue weighted by molar-refractivity contribution is 0.669. The van der Waals surface area contributed by atoms with Gasteiger partial charge in [0.1, 0.15) is 11.2 Å². The highest BCUT2D eigenvalue weighted by atomic mass is 16.3. The Morgan fingerprint density at radius 2 is 0.636 bits per heavy atom. The summed E-state index contributed by atoms with van der Waals surface area (Å²) in [6, 6.07) is 71.2. The van der Waals surface area contributed by atoms with Crippen LogP contribution in [0.5, 0.6) is 0 Å². The monoisotopic (exact) mass is 696 g/mol. The molecule has 11 aromatic carbocycles. The van der Waals surface area contributed by atoms with Crippen LogP contribution >= 0.6 is 0 Å². The lowest BCUT2D eigenvalue weighted by atomic mass is 9.85. The van der Waals surface area contributed by atoms with Crippen molar-refractivity contribution in [1.82, 2.24) is 0 Å². The zero-order valence-electron chi connectivity index (χ0n) is 29.9. The second kappa shape index (κ2) is 11.6. The summed E-state index contributed by atoms with van der Waals surface area (Å²) in [5.41, 5.74) is 9.17. The summed E-state index contributed by atoms with van der Waals surface area (Å²) in [4.78, 5) is 0. The molecule has 12 rings (SSSR count). The summed E-state index contributed by atoms with van der Waals surface area (Å²) in [6.45, 7) is 0. The summed E-state index contributed by atoms with van der Waals surface area (Å²) in [6.07, 6.45) is 0. The maximum absolute atomic E-state index is 6.17. The van der Waals surface area contributed by atoms with E-state index in [0.29, 0.717) is 0 Å². The Balaban J connectivity index is 1.10. The van der Waals surface area contributed by atoms with Gasteiger partial charge in [0.2, 0.25) is 0 Å². The predicted molar refractivity (Wildman–Crippen MR) is 235 cm³/mol. The van der Waals surface area contributed by atoms with E-state index in [2.05, 4.69) is 182 Å². The Morgan fingerprint density at radius 1 is 0.218 bits per heavy atom. The van der Waals surface area contributed by atoms with E-state index in [0.717, 1.165) is 21.9 Å². The first-order valence-electron chi connectivity index (χ1n) is 19.0. The maximum atomic E-state index is 6.17. The normalized spacial score (nSPS) is 12.0. The Bertz CT molecular complexity index is 3530. The number of hydrogen-bond donors (Lipinski definition) is 0. The molecule has 1 aromatic heterocycles. The van der Waals surface area contributed by atoms with Crippen molar-refractivity contribution in [2.45, 2.75) is 0 Å². The largest absolute Gasteiger partial charge is 0.456 e. The van der Waals surface area contributed by atoms with E-state index >= 15 is 0 Å². The van der Waals surface area contributed by atoms with Crippen molar-refractivity contribution in [2.75, 3.05) is 0 Å². The summed E-state index contributed by atoms with van der Waals surface area (Å²) >= 11 is 0. The molecule has 1 heteroatoms. The van der Waals surface area contributed by atoms with E-state index in [4.69, 9.17) is 4.42 Å². The van der Waals surface area contributed by atoms with E-state index in [1.165, 1.54) is 98.0 Å². The van der Waals surface area contributed by atoms with Gasteiger partial charge in [0, 0.05) is 10.8 Å². The Hall–Kier alpha value is -7.22. The van der Waals surface area contributed by atoms with E-state index in [-0.39, 0.29) is 0 Å². The van der Waals surface area contributed by atoms with E-state index in [9.17, 15) is 0 Å². The number of fused-ring (bicyclic) bond motifs is 15. The minimum absolute atomic E-state index is 0.916. The second-order valence-electron chi connectivity index (χ2n) is 14.7. The van der Waals surface area contributed by atoms with Crippen molar-refractivity contribution in [2.24, 2.45) is 0 Å². The average molecular weight is 697 g/mol. The van der Waals surface area contributed by atoms with Gasteiger partial charge in [-0.05, 0) is 128 Å². The molecule has 0 atom stereocenters. The van der Waals surface area contributed by atoms with Crippen LogP contribution in [0.1, 0.15) is 0 Å². The van der Waals surface area contributed by atoms with Gasteiger partial charge in [0.25, 0.3) is 0 Å². The standard InChI is InChI=1S/C54H32O/c1-2-12-33(13-3-1)34-22-25-46-48(30-34)41-16-6-8-19-44(41)54-47-26-23-35(31-49(47)42-17-7-9-20-45(42)53(46)54)37-27-28-38(40-15-5-4-14-39(37)40)36-24-29-52-50(32-36)43-18-10-11-21-51(43)55-52/h1-32H. The van der Waals surface area contributed by atoms with E-state index in [1.54, 1.807) is 0 Å². The minimum atomic E-state index is 0.916. The van der Waals surface area contributed by atoms with Gasteiger partial charge in [0.15, 0.2) is 0 Å². The zero-order valence-corrected chi connectivity index (χ0v) is 29.9. The SMILES string of the molecule is c1ccc(-c2ccc3c(c2)c2ccccc2c2c4ccc(-c5ccc(-c6ccc7oc8ccccc8c7c6)c6ccccc56)cc4c4ccccc4c32)cc1.